The van der Waals surface area contributed by atoms with Gasteiger partial charge < -0.3 is 24.8 Å². The number of halogens is 2. The molecule has 2 aromatic rings. The fraction of sp³-hybridized carbons (Fsp3) is 0.487. The third-order valence-electron chi connectivity index (χ3n) is 11.7. The van der Waals surface area contributed by atoms with Crippen molar-refractivity contribution in [2.75, 3.05) is 80.0 Å². The van der Waals surface area contributed by atoms with Gasteiger partial charge in [0.1, 0.15) is 17.5 Å². The molecular formula is C39H45F2N11O7. The van der Waals surface area contributed by atoms with Crippen LogP contribution in [0.5, 0.6) is 0 Å². The monoisotopic (exact) mass is 817 g/mol. The minimum absolute atomic E-state index is 0.0593. The molecule has 18 nitrogen and oxygen atoms in total. The van der Waals surface area contributed by atoms with Gasteiger partial charge in [-0.25, -0.2) is 9.99 Å². The van der Waals surface area contributed by atoms with Crippen molar-refractivity contribution in [3.63, 3.8) is 0 Å². The summed E-state index contributed by atoms with van der Waals surface area (Å²) in [5.74, 6) is -7.10. The van der Waals surface area contributed by atoms with E-state index in [1.165, 1.54) is 25.3 Å². The van der Waals surface area contributed by atoms with Gasteiger partial charge in [0.2, 0.25) is 23.7 Å². The number of piperazine rings is 1. The van der Waals surface area contributed by atoms with Gasteiger partial charge in [0.15, 0.2) is 5.82 Å². The van der Waals surface area contributed by atoms with Crippen LogP contribution in [0.15, 0.2) is 48.0 Å². The Bertz CT molecular complexity index is 2180. The van der Waals surface area contributed by atoms with Crippen molar-refractivity contribution < 1.29 is 42.3 Å². The van der Waals surface area contributed by atoms with Gasteiger partial charge in [0.05, 0.1) is 42.6 Å². The van der Waals surface area contributed by atoms with E-state index in [1.807, 2.05) is 11.1 Å². The number of nitrogens with one attached hydrogen (secondary N) is 3. The number of fused-ring (bicyclic) bond motifs is 2. The number of carbonyl (C=O) groups is 6. The third kappa shape index (κ3) is 7.34. The number of aromatic nitrogens is 2. The lowest BCUT2D eigenvalue weighted by atomic mass is 9.97. The fourth-order valence-electron chi connectivity index (χ4n) is 8.31. The molecule has 6 aliphatic rings. The molecule has 0 bridgehead atoms. The molecule has 1 aliphatic carbocycles. The van der Waals surface area contributed by atoms with Crippen LogP contribution in [-0.2, 0) is 23.9 Å². The van der Waals surface area contributed by atoms with Crippen molar-refractivity contribution in [3.05, 3.63) is 59.1 Å². The number of carbonyl (C=O) groups excluding carboxylic acids is 6. The molecule has 2 atom stereocenters. The van der Waals surface area contributed by atoms with Crippen LogP contribution in [0.1, 0.15) is 53.8 Å². The molecule has 1 aromatic heterocycles. The molecule has 3 N–H and O–H groups in total. The van der Waals surface area contributed by atoms with Gasteiger partial charge in [0, 0.05) is 70.5 Å². The first kappa shape index (κ1) is 39.8. The van der Waals surface area contributed by atoms with Crippen molar-refractivity contribution in [1.29, 1.82) is 0 Å². The zero-order valence-electron chi connectivity index (χ0n) is 33.0. The number of imide groups is 2. The zero-order chi connectivity index (χ0) is 41.9. The van der Waals surface area contributed by atoms with Crippen molar-refractivity contribution >= 4 is 58.6 Å². The molecule has 6 heterocycles. The number of hydrogen-bond acceptors (Lipinski definition) is 14. The lowest BCUT2D eigenvalue weighted by molar-refractivity contribution is -0.140. The van der Waals surface area contributed by atoms with Crippen molar-refractivity contribution in [1.82, 2.24) is 35.5 Å². The number of rotatable bonds is 9. The zero-order valence-corrected chi connectivity index (χ0v) is 33.0. The maximum Gasteiger partial charge on any atom is 0.342 e. The summed E-state index contributed by atoms with van der Waals surface area (Å²) in [6.07, 6.45) is 5.35. The van der Waals surface area contributed by atoms with E-state index in [2.05, 4.69) is 35.8 Å². The van der Waals surface area contributed by atoms with Crippen LogP contribution < -0.4 is 30.8 Å². The molecule has 312 valence electrons. The van der Waals surface area contributed by atoms with Crippen LogP contribution in [0.25, 0.3) is 0 Å². The minimum atomic E-state index is -3.61. The summed E-state index contributed by atoms with van der Waals surface area (Å²) in [7, 11) is 2.75. The first-order chi connectivity index (χ1) is 28.1. The summed E-state index contributed by atoms with van der Waals surface area (Å²) < 4.78 is 35.1. The van der Waals surface area contributed by atoms with Crippen LogP contribution in [-0.4, -0.2) is 144 Å². The van der Waals surface area contributed by atoms with E-state index >= 15 is 0 Å². The summed E-state index contributed by atoms with van der Waals surface area (Å²) >= 11 is 0. The van der Waals surface area contributed by atoms with Crippen molar-refractivity contribution in [3.8, 4) is 0 Å². The number of amides is 6. The predicted molar refractivity (Wildman–Crippen MR) is 208 cm³/mol. The maximum atomic E-state index is 14.7. The van der Waals surface area contributed by atoms with Crippen LogP contribution in [0.2, 0.25) is 0 Å². The molecule has 3 saturated heterocycles. The van der Waals surface area contributed by atoms with Crippen LogP contribution >= 0.6 is 0 Å². The molecule has 59 heavy (non-hydrogen) atoms. The van der Waals surface area contributed by atoms with Gasteiger partial charge in [0.25, 0.3) is 17.7 Å². The molecule has 1 aromatic carbocycles. The molecule has 6 amide bonds. The number of allylic oxidation sites excluding steroid dienone is 1. The lowest BCUT2D eigenvalue weighted by Crippen LogP contribution is -2.67. The summed E-state index contributed by atoms with van der Waals surface area (Å²) in [5, 5.41) is 7.19. The molecule has 5 aliphatic heterocycles. The number of anilines is 4. The second-order valence-corrected chi connectivity index (χ2v) is 15.7. The molecule has 0 radical (unpaired) electrons. The molecule has 8 rings (SSSR count). The normalized spacial score (nSPS) is 23.9. The average molecular weight is 818 g/mol. The molecule has 2 unspecified atom stereocenters. The molecule has 0 spiro atoms. The van der Waals surface area contributed by atoms with Gasteiger partial charge >= 0.3 is 5.92 Å². The molecular weight excluding hydrogens is 772 g/mol. The Morgan fingerprint density at radius 1 is 1.03 bits per heavy atom. The van der Waals surface area contributed by atoms with Crippen molar-refractivity contribution in [2.45, 2.75) is 57.2 Å². The van der Waals surface area contributed by atoms with Crippen molar-refractivity contribution in [2.24, 2.45) is 5.92 Å². The van der Waals surface area contributed by atoms with E-state index < -0.39 is 54.0 Å². The molecule has 0 saturated carbocycles. The highest BCUT2D eigenvalue weighted by Gasteiger charge is 2.48. The van der Waals surface area contributed by atoms with Crippen LogP contribution in [0, 0.1) is 5.92 Å². The Labute approximate surface area is 338 Å². The Balaban J connectivity index is 0.822. The number of alkyl halides is 2. The van der Waals surface area contributed by atoms with Gasteiger partial charge in [-0.15, -0.1) is 0 Å². The Morgan fingerprint density at radius 2 is 1.76 bits per heavy atom. The molecule has 3 fully saturated rings. The number of methoxy groups -OCH3 is 1. The second kappa shape index (κ2) is 15.3. The van der Waals surface area contributed by atoms with Gasteiger partial charge in [-0.05, 0) is 51.0 Å². The SMILES string of the molecule is COC1=CC(C(=O)NN2CC(N3CCN(c4ccc5c(c4)C(=O)N(C4CCC(=O)NC4=O)C5=O)CC3)C2)CC=C1Nc1ncc2c(n1)N(C(C)C)CC(F)(F)C(=O)N2C. The summed E-state index contributed by atoms with van der Waals surface area (Å²) in [5.41, 5.74) is 4.98. The van der Waals surface area contributed by atoms with Gasteiger partial charge in [-0.3, -0.25) is 49.3 Å². The Hall–Kier alpha value is -6.02. The van der Waals surface area contributed by atoms with E-state index in [4.69, 9.17) is 4.74 Å². The van der Waals surface area contributed by atoms with Gasteiger partial charge in [-0.2, -0.15) is 13.8 Å². The van der Waals surface area contributed by atoms with Crippen LogP contribution in [0.3, 0.4) is 0 Å². The number of nitrogens with zero attached hydrogens (tertiary/aromatic N) is 8. The maximum absolute atomic E-state index is 14.7. The lowest BCUT2D eigenvalue weighted by Gasteiger charge is -2.48. The number of hydrazine groups is 1. The summed E-state index contributed by atoms with van der Waals surface area (Å²) in [4.78, 5) is 92.8. The fourth-order valence-corrected chi connectivity index (χ4v) is 8.31. The number of ether oxygens (including phenoxy) is 1. The second-order valence-electron chi connectivity index (χ2n) is 15.7. The highest BCUT2D eigenvalue weighted by Crippen LogP contribution is 2.37. The highest BCUT2D eigenvalue weighted by atomic mass is 19.3. The average Bonchev–Trinajstić information content (AvgIpc) is 3.41. The minimum Gasteiger partial charge on any atom is -0.495 e. The number of hydrogen-bond donors (Lipinski definition) is 3. The summed E-state index contributed by atoms with van der Waals surface area (Å²) in [6.45, 7) is 6.83. The van der Waals surface area contributed by atoms with E-state index in [1.54, 1.807) is 38.1 Å². The highest BCUT2D eigenvalue weighted by molar-refractivity contribution is 6.23. The van der Waals surface area contributed by atoms with E-state index in [0.717, 1.165) is 28.6 Å². The predicted octanol–water partition coefficient (Wildman–Crippen LogP) is 1.09. The topological polar surface area (TPSA) is 193 Å². The Morgan fingerprint density at radius 3 is 2.46 bits per heavy atom. The van der Waals surface area contributed by atoms with E-state index in [0.29, 0.717) is 44.1 Å². The van der Waals surface area contributed by atoms with E-state index in [-0.39, 0.29) is 59.4 Å². The van der Waals surface area contributed by atoms with Crippen LogP contribution in [0.4, 0.5) is 31.9 Å². The first-order valence-corrected chi connectivity index (χ1v) is 19.6. The molecule has 20 heteroatoms. The largest absolute Gasteiger partial charge is 0.495 e. The Kier molecular flexibility index (Phi) is 10.3. The number of piperidine rings is 1. The standard InChI is InChI=1S/C39H45F2N11O7/c1-21(2)51-20-39(40,41)37(58)47(3)29-17-42-38(45-32(29)51)43-27-8-5-22(15-30(27)59-4)33(54)46-50-18-24(19-50)49-13-11-48(12-14-49)23-6-7-25-26(16-23)36(57)52(35(25)56)28-9-10-31(53)44-34(28)55/h6-8,15-17,21-22,24,28H,5,9-14,18-20H2,1-4H3,(H,46,54)(H,42,43,45)(H,44,53,55). The first-order valence-electron chi connectivity index (χ1n) is 19.6. The summed E-state index contributed by atoms with van der Waals surface area (Å²) in [6, 6.07) is 3.99. The third-order valence-corrected chi connectivity index (χ3v) is 11.7. The van der Waals surface area contributed by atoms with E-state index in [9.17, 15) is 37.5 Å². The number of benzene rings is 1. The quantitative estimate of drug-likeness (QED) is 0.305. The smallest absolute Gasteiger partial charge is 0.342 e. The van der Waals surface area contributed by atoms with Gasteiger partial charge in [-0.1, -0.05) is 6.08 Å².